The Morgan fingerprint density at radius 2 is 2.00 bits per heavy atom. The van der Waals surface area contributed by atoms with Gasteiger partial charge < -0.3 is 4.74 Å². The molecule has 0 aliphatic carbocycles. The van der Waals surface area contributed by atoms with E-state index < -0.39 is 18.1 Å². The van der Waals surface area contributed by atoms with E-state index in [4.69, 9.17) is 4.74 Å². The number of carbonyl (C=O) groups is 1. The van der Waals surface area contributed by atoms with Crippen molar-refractivity contribution in [1.29, 1.82) is 0 Å². The standard InChI is InChI=1S/C14H17F3N2O2/c1-2-9-21-11-5-3-10(4-6-11)13(14(15,16)17)19-8-7-12(20)18-19/h3-6,13H,2,7-9H2,1H3,(H,18,20). The molecule has 0 spiro atoms. The molecule has 1 heterocycles. The Bertz CT molecular complexity index is 488. The molecule has 7 heteroatoms. The van der Waals surface area contributed by atoms with Crippen LogP contribution in [0.25, 0.3) is 0 Å². The number of carbonyl (C=O) groups excluding carboxylic acids is 1. The third-order valence-electron chi connectivity index (χ3n) is 3.14. The van der Waals surface area contributed by atoms with Gasteiger partial charge in [0, 0.05) is 13.0 Å². The molecule has 1 unspecified atom stereocenters. The fourth-order valence-corrected chi connectivity index (χ4v) is 2.20. The van der Waals surface area contributed by atoms with Crippen molar-refractivity contribution in [1.82, 2.24) is 10.4 Å². The fraction of sp³-hybridized carbons (Fsp3) is 0.500. The number of rotatable bonds is 5. The average Bonchev–Trinajstić information content (AvgIpc) is 2.82. The van der Waals surface area contributed by atoms with Crippen molar-refractivity contribution < 1.29 is 22.7 Å². The van der Waals surface area contributed by atoms with Crippen molar-refractivity contribution >= 4 is 5.91 Å². The van der Waals surface area contributed by atoms with E-state index in [2.05, 4.69) is 5.43 Å². The number of hydrogen-bond acceptors (Lipinski definition) is 3. The van der Waals surface area contributed by atoms with Gasteiger partial charge in [-0.3, -0.25) is 10.2 Å². The monoisotopic (exact) mass is 302 g/mol. The van der Waals surface area contributed by atoms with E-state index in [1.165, 1.54) is 24.3 Å². The lowest BCUT2D eigenvalue weighted by atomic mass is 10.1. The van der Waals surface area contributed by atoms with Crippen molar-refractivity contribution in [2.45, 2.75) is 32.0 Å². The molecule has 4 nitrogen and oxygen atoms in total. The molecule has 0 radical (unpaired) electrons. The van der Waals surface area contributed by atoms with Gasteiger partial charge >= 0.3 is 6.18 Å². The van der Waals surface area contributed by atoms with Gasteiger partial charge in [-0.25, -0.2) is 5.01 Å². The topological polar surface area (TPSA) is 41.6 Å². The van der Waals surface area contributed by atoms with Crippen LogP contribution in [0.4, 0.5) is 13.2 Å². The van der Waals surface area contributed by atoms with Crippen LogP contribution >= 0.6 is 0 Å². The summed E-state index contributed by atoms with van der Waals surface area (Å²) in [5.74, 6) is 0.138. The van der Waals surface area contributed by atoms with Gasteiger partial charge in [0.2, 0.25) is 5.91 Å². The Labute approximate surface area is 120 Å². The number of hydrazine groups is 1. The molecule has 1 fully saturated rings. The van der Waals surface area contributed by atoms with Crippen LogP contribution in [0.15, 0.2) is 24.3 Å². The Balaban J connectivity index is 2.19. The molecular weight excluding hydrogens is 285 g/mol. The molecule has 0 saturated carbocycles. The lowest BCUT2D eigenvalue weighted by Crippen LogP contribution is -2.43. The van der Waals surface area contributed by atoms with Gasteiger partial charge in [-0.2, -0.15) is 13.2 Å². The quantitative estimate of drug-likeness (QED) is 0.909. The number of ether oxygens (including phenoxy) is 1. The molecule has 116 valence electrons. The molecule has 1 N–H and O–H groups in total. The van der Waals surface area contributed by atoms with Crippen LogP contribution in [0, 0.1) is 0 Å². The first-order chi connectivity index (χ1) is 9.91. The van der Waals surface area contributed by atoms with E-state index in [1.54, 1.807) is 0 Å². The average molecular weight is 302 g/mol. The summed E-state index contributed by atoms with van der Waals surface area (Å²) in [7, 11) is 0. The maximum Gasteiger partial charge on any atom is 0.409 e. The maximum absolute atomic E-state index is 13.3. The van der Waals surface area contributed by atoms with Crippen LogP contribution in [0.2, 0.25) is 0 Å². The van der Waals surface area contributed by atoms with E-state index in [1.807, 2.05) is 6.92 Å². The first kappa shape index (κ1) is 15.6. The molecule has 1 aliphatic rings. The van der Waals surface area contributed by atoms with Crippen molar-refractivity contribution in [3.05, 3.63) is 29.8 Å². The van der Waals surface area contributed by atoms with Gasteiger partial charge in [-0.15, -0.1) is 0 Å². The number of amides is 1. The summed E-state index contributed by atoms with van der Waals surface area (Å²) in [6, 6.07) is 3.95. The summed E-state index contributed by atoms with van der Waals surface area (Å²) in [5, 5.41) is 0.935. The van der Waals surface area contributed by atoms with Gasteiger partial charge in [0.05, 0.1) is 6.61 Å². The molecular formula is C14H17F3N2O2. The van der Waals surface area contributed by atoms with Crippen LogP contribution in [0.5, 0.6) is 5.75 Å². The van der Waals surface area contributed by atoms with Gasteiger partial charge in [-0.05, 0) is 24.1 Å². The third kappa shape index (κ3) is 3.87. The summed E-state index contributed by atoms with van der Waals surface area (Å²) in [6.07, 6.45) is -3.57. The smallest absolute Gasteiger partial charge is 0.409 e. The number of benzene rings is 1. The van der Waals surface area contributed by atoms with Crippen LogP contribution in [0.3, 0.4) is 0 Å². The molecule has 1 aromatic rings. The summed E-state index contributed by atoms with van der Waals surface area (Å²) in [6.45, 7) is 2.51. The predicted molar refractivity (Wildman–Crippen MR) is 70.5 cm³/mol. The first-order valence-corrected chi connectivity index (χ1v) is 6.77. The zero-order valence-electron chi connectivity index (χ0n) is 11.6. The minimum Gasteiger partial charge on any atom is -0.494 e. The molecule has 1 atom stereocenters. The summed E-state index contributed by atoms with van der Waals surface area (Å²) < 4.78 is 45.1. The maximum atomic E-state index is 13.3. The summed E-state index contributed by atoms with van der Waals surface area (Å²) >= 11 is 0. The van der Waals surface area contributed by atoms with Gasteiger partial charge in [0.25, 0.3) is 0 Å². The highest BCUT2D eigenvalue weighted by atomic mass is 19.4. The van der Waals surface area contributed by atoms with Crippen molar-refractivity contribution in [3.8, 4) is 5.75 Å². The van der Waals surface area contributed by atoms with Gasteiger partial charge in [0.1, 0.15) is 11.8 Å². The van der Waals surface area contributed by atoms with Crippen molar-refractivity contribution in [3.63, 3.8) is 0 Å². The zero-order chi connectivity index (χ0) is 15.5. The third-order valence-corrected chi connectivity index (χ3v) is 3.14. The number of nitrogens with one attached hydrogen (secondary N) is 1. The molecule has 1 aliphatic heterocycles. The Hall–Kier alpha value is -1.76. The van der Waals surface area contributed by atoms with E-state index >= 15 is 0 Å². The number of hydrogen-bond donors (Lipinski definition) is 1. The molecule has 21 heavy (non-hydrogen) atoms. The molecule has 1 aromatic carbocycles. The second-order valence-corrected chi connectivity index (χ2v) is 4.84. The highest BCUT2D eigenvalue weighted by molar-refractivity contribution is 5.77. The van der Waals surface area contributed by atoms with Crippen LogP contribution in [0.1, 0.15) is 31.4 Å². The minimum atomic E-state index is -4.47. The van der Waals surface area contributed by atoms with Crippen LogP contribution in [-0.4, -0.2) is 30.2 Å². The SMILES string of the molecule is CCCOc1ccc(C(N2CCC(=O)N2)C(F)(F)F)cc1. The number of alkyl halides is 3. The van der Waals surface area contributed by atoms with Crippen molar-refractivity contribution in [2.24, 2.45) is 0 Å². The largest absolute Gasteiger partial charge is 0.494 e. The van der Waals surface area contributed by atoms with E-state index in [-0.39, 0.29) is 18.5 Å². The second kappa shape index (κ2) is 6.34. The molecule has 1 amide bonds. The molecule has 2 rings (SSSR count). The highest BCUT2D eigenvalue weighted by Gasteiger charge is 2.46. The van der Waals surface area contributed by atoms with E-state index in [0.29, 0.717) is 12.4 Å². The van der Waals surface area contributed by atoms with Crippen LogP contribution < -0.4 is 10.2 Å². The first-order valence-electron chi connectivity index (χ1n) is 6.77. The van der Waals surface area contributed by atoms with Gasteiger partial charge in [0.15, 0.2) is 0 Å². The number of halogens is 3. The Kier molecular flexibility index (Phi) is 4.72. The summed E-state index contributed by atoms with van der Waals surface area (Å²) in [4.78, 5) is 11.1. The lowest BCUT2D eigenvalue weighted by Gasteiger charge is -2.29. The number of nitrogens with zero attached hydrogens (tertiary/aromatic N) is 1. The predicted octanol–water partition coefficient (Wildman–Crippen LogP) is 2.82. The molecule has 0 aromatic heterocycles. The lowest BCUT2D eigenvalue weighted by molar-refractivity contribution is -0.191. The fourth-order valence-electron chi connectivity index (χ4n) is 2.20. The summed E-state index contributed by atoms with van der Waals surface area (Å²) in [5.41, 5.74) is 2.33. The zero-order valence-corrected chi connectivity index (χ0v) is 11.6. The highest BCUT2D eigenvalue weighted by Crippen LogP contribution is 2.38. The van der Waals surface area contributed by atoms with Crippen molar-refractivity contribution in [2.75, 3.05) is 13.2 Å². The normalized spacial score (nSPS) is 17.6. The second-order valence-electron chi connectivity index (χ2n) is 4.84. The molecule has 1 saturated heterocycles. The molecule has 0 bridgehead atoms. The minimum absolute atomic E-state index is 0.0388. The van der Waals surface area contributed by atoms with E-state index in [0.717, 1.165) is 11.4 Å². The van der Waals surface area contributed by atoms with Crippen LogP contribution in [-0.2, 0) is 4.79 Å². The van der Waals surface area contributed by atoms with Gasteiger partial charge in [-0.1, -0.05) is 19.1 Å². The van der Waals surface area contributed by atoms with E-state index in [9.17, 15) is 18.0 Å². The Morgan fingerprint density at radius 3 is 2.48 bits per heavy atom. The Morgan fingerprint density at radius 1 is 1.33 bits per heavy atom.